The van der Waals surface area contributed by atoms with E-state index in [0.717, 1.165) is 12.0 Å². The summed E-state index contributed by atoms with van der Waals surface area (Å²) >= 11 is 0. The normalized spacial score (nSPS) is 11.4. The zero-order valence-electron chi connectivity index (χ0n) is 13.1. The SMILES string of the molecule is CCCNC(=O)[C@H](C)OC(=O)Cc1ccc(NC(C)=O)cc1. The van der Waals surface area contributed by atoms with Crippen molar-refractivity contribution in [3.63, 3.8) is 0 Å². The summed E-state index contributed by atoms with van der Waals surface area (Å²) in [6.07, 6.45) is 0.0939. The van der Waals surface area contributed by atoms with Crippen LogP contribution in [0.2, 0.25) is 0 Å². The average molecular weight is 306 g/mol. The first-order chi connectivity index (χ1) is 10.4. The summed E-state index contributed by atoms with van der Waals surface area (Å²) in [4.78, 5) is 34.3. The summed E-state index contributed by atoms with van der Waals surface area (Å²) in [6.45, 7) is 5.48. The van der Waals surface area contributed by atoms with E-state index in [-0.39, 0.29) is 18.2 Å². The first-order valence-electron chi connectivity index (χ1n) is 7.26. The van der Waals surface area contributed by atoms with Crippen LogP contribution < -0.4 is 10.6 Å². The van der Waals surface area contributed by atoms with Crippen molar-refractivity contribution in [2.45, 2.75) is 39.7 Å². The van der Waals surface area contributed by atoms with Crippen LogP contribution in [0.1, 0.15) is 32.8 Å². The predicted octanol–water partition coefficient (Wildman–Crippen LogP) is 1.65. The second-order valence-electron chi connectivity index (χ2n) is 4.98. The molecule has 1 rings (SSSR count). The van der Waals surface area contributed by atoms with E-state index in [1.54, 1.807) is 31.2 Å². The number of nitrogens with one attached hydrogen (secondary N) is 2. The third kappa shape index (κ3) is 6.39. The van der Waals surface area contributed by atoms with Gasteiger partial charge in [-0.3, -0.25) is 14.4 Å². The van der Waals surface area contributed by atoms with E-state index in [1.165, 1.54) is 6.92 Å². The predicted molar refractivity (Wildman–Crippen MR) is 83.3 cm³/mol. The van der Waals surface area contributed by atoms with Crippen LogP contribution in [0.3, 0.4) is 0 Å². The summed E-state index contributed by atoms with van der Waals surface area (Å²) in [5.74, 6) is -0.915. The molecule has 0 saturated heterocycles. The van der Waals surface area contributed by atoms with E-state index in [1.807, 2.05) is 6.92 Å². The number of carbonyl (C=O) groups excluding carboxylic acids is 3. The molecule has 0 bridgehead atoms. The summed E-state index contributed by atoms with van der Waals surface area (Å²) in [7, 11) is 0. The highest BCUT2D eigenvalue weighted by Gasteiger charge is 2.17. The van der Waals surface area contributed by atoms with Gasteiger partial charge in [0.15, 0.2) is 6.10 Å². The van der Waals surface area contributed by atoms with Gasteiger partial charge in [0.1, 0.15) is 0 Å². The molecule has 0 saturated carbocycles. The molecule has 0 unspecified atom stereocenters. The highest BCUT2D eigenvalue weighted by molar-refractivity contribution is 5.88. The zero-order chi connectivity index (χ0) is 16.5. The molecule has 120 valence electrons. The number of carbonyl (C=O) groups is 3. The lowest BCUT2D eigenvalue weighted by Gasteiger charge is -2.13. The lowest BCUT2D eigenvalue weighted by molar-refractivity contribution is -0.154. The zero-order valence-corrected chi connectivity index (χ0v) is 13.1. The first-order valence-corrected chi connectivity index (χ1v) is 7.26. The smallest absolute Gasteiger partial charge is 0.311 e. The third-order valence-electron chi connectivity index (χ3n) is 2.85. The fourth-order valence-electron chi connectivity index (χ4n) is 1.76. The average Bonchev–Trinajstić information content (AvgIpc) is 2.46. The van der Waals surface area contributed by atoms with Crippen LogP contribution in [0.15, 0.2) is 24.3 Å². The van der Waals surface area contributed by atoms with Gasteiger partial charge in [-0.15, -0.1) is 0 Å². The van der Waals surface area contributed by atoms with Crippen molar-refractivity contribution < 1.29 is 19.1 Å². The van der Waals surface area contributed by atoms with E-state index in [9.17, 15) is 14.4 Å². The van der Waals surface area contributed by atoms with Gasteiger partial charge in [-0.2, -0.15) is 0 Å². The Morgan fingerprint density at radius 1 is 1.18 bits per heavy atom. The van der Waals surface area contributed by atoms with E-state index in [0.29, 0.717) is 12.2 Å². The topological polar surface area (TPSA) is 84.5 Å². The summed E-state index contributed by atoms with van der Waals surface area (Å²) in [5.41, 5.74) is 1.41. The Morgan fingerprint density at radius 2 is 1.82 bits per heavy atom. The van der Waals surface area contributed by atoms with Gasteiger partial charge in [0.2, 0.25) is 5.91 Å². The van der Waals surface area contributed by atoms with Gasteiger partial charge in [-0.05, 0) is 31.0 Å². The summed E-state index contributed by atoms with van der Waals surface area (Å²) < 4.78 is 5.09. The Hall–Kier alpha value is -2.37. The van der Waals surface area contributed by atoms with Gasteiger partial charge in [-0.25, -0.2) is 0 Å². The maximum atomic E-state index is 11.8. The number of anilines is 1. The minimum absolute atomic E-state index is 0.0751. The molecule has 0 fully saturated rings. The molecule has 22 heavy (non-hydrogen) atoms. The quantitative estimate of drug-likeness (QED) is 0.750. The highest BCUT2D eigenvalue weighted by atomic mass is 16.5. The maximum Gasteiger partial charge on any atom is 0.311 e. The molecule has 0 radical (unpaired) electrons. The first kappa shape index (κ1) is 17.7. The number of hydrogen-bond acceptors (Lipinski definition) is 4. The molecule has 0 aliphatic carbocycles. The van der Waals surface area contributed by atoms with Crippen molar-refractivity contribution in [3.8, 4) is 0 Å². The van der Waals surface area contributed by atoms with Crippen LogP contribution in [0, 0.1) is 0 Å². The minimum Gasteiger partial charge on any atom is -0.452 e. The Bertz CT molecular complexity index is 525. The second kappa shape index (κ2) is 8.81. The molecular weight excluding hydrogens is 284 g/mol. The van der Waals surface area contributed by atoms with Gasteiger partial charge >= 0.3 is 5.97 Å². The molecule has 0 aliphatic heterocycles. The fraction of sp³-hybridized carbons (Fsp3) is 0.438. The molecular formula is C16H22N2O4. The highest BCUT2D eigenvalue weighted by Crippen LogP contribution is 2.10. The fourth-order valence-corrected chi connectivity index (χ4v) is 1.76. The molecule has 1 aromatic rings. The molecule has 6 heteroatoms. The van der Waals surface area contributed by atoms with Crippen LogP contribution in [-0.4, -0.2) is 30.4 Å². The van der Waals surface area contributed by atoms with Crippen molar-refractivity contribution in [3.05, 3.63) is 29.8 Å². The Morgan fingerprint density at radius 3 is 2.36 bits per heavy atom. The van der Waals surface area contributed by atoms with Gasteiger partial charge in [0.25, 0.3) is 5.91 Å². The molecule has 0 heterocycles. The number of rotatable bonds is 7. The van der Waals surface area contributed by atoms with Gasteiger partial charge in [0.05, 0.1) is 6.42 Å². The largest absolute Gasteiger partial charge is 0.452 e. The van der Waals surface area contributed by atoms with E-state index >= 15 is 0 Å². The summed E-state index contributed by atoms with van der Waals surface area (Å²) in [6, 6.07) is 6.88. The molecule has 6 nitrogen and oxygen atoms in total. The minimum atomic E-state index is -0.808. The van der Waals surface area contributed by atoms with Gasteiger partial charge in [0, 0.05) is 19.2 Å². The summed E-state index contributed by atoms with van der Waals surface area (Å²) in [5, 5.41) is 5.31. The Labute approximate surface area is 130 Å². The Balaban J connectivity index is 2.47. The lowest BCUT2D eigenvalue weighted by Crippen LogP contribution is -2.36. The third-order valence-corrected chi connectivity index (χ3v) is 2.85. The number of amides is 2. The standard InChI is InChI=1S/C16H22N2O4/c1-4-9-17-16(21)11(2)22-15(20)10-13-5-7-14(8-6-13)18-12(3)19/h5-8,11H,4,9-10H2,1-3H3,(H,17,21)(H,18,19)/t11-/m0/s1. The van der Waals surface area contributed by atoms with Crippen molar-refractivity contribution in [2.75, 3.05) is 11.9 Å². The van der Waals surface area contributed by atoms with Gasteiger partial charge < -0.3 is 15.4 Å². The van der Waals surface area contributed by atoms with E-state index in [2.05, 4.69) is 10.6 Å². The number of hydrogen-bond donors (Lipinski definition) is 2. The van der Waals surface area contributed by atoms with E-state index < -0.39 is 12.1 Å². The molecule has 0 spiro atoms. The van der Waals surface area contributed by atoms with Crippen molar-refractivity contribution in [1.82, 2.24) is 5.32 Å². The lowest BCUT2D eigenvalue weighted by atomic mass is 10.1. The Kier molecular flexibility index (Phi) is 7.08. The molecule has 1 atom stereocenters. The van der Waals surface area contributed by atoms with E-state index in [4.69, 9.17) is 4.74 Å². The van der Waals surface area contributed by atoms with Crippen LogP contribution in [0.4, 0.5) is 5.69 Å². The van der Waals surface area contributed by atoms with Crippen molar-refractivity contribution >= 4 is 23.5 Å². The van der Waals surface area contributed by atoms with Crippen molar-refractivity contribution in [2.24, 2.45) is 0 Å². The molecule has 0 aliphatic rings. The van der Waals surface area contributed by atoms with Crippen LogP contribution in [0.25, 0.3) is 0 Å². The van der Waals surface area contributed by atoms with Crippen LogP contribution >= 0.6 is 0 Å². The van der Waals surface area contributed by atoms with Crippen LogP contribution in [0.5, 0.6) is 0 Å². The number of benzene rings is 1. The number of esters is 1. The monoisotopic (exact) mass is 306 g/mol. The molecule has 2 amide bonds. The molecule has 1 aromatic carbocycles. The molecule has 0 aromatic heterocycles. The second-order valence-corrected chi connectivity index (χ2v) is 4.98. The molecule has 2 N–H and O–H groups in total. The maximum absolute atomic E-state index is 11.8. The van der Waals surface area contributed by atoms with Crippen molar-refractivity contribution in [1.29, 1.82) is 0 Å². The van der Waals surface area contributed by atoms with Crippen LogP contribution in [-0.2, 0) is 25.5 Å². The number of ether oxygens (including phenoxy) is 1. The van der Waals surface area contributed by atoms with Gasteiger partial charge in [-0.1, -0.05) is 19.1 Å².